The molecule has 1 aliphatic heterocycles. The predicted molar refractivity (Wildman–Crippen MR) is 103 cm³/mol. The number of nitrogen functional groups attached to an aromatic ring is 1. The summed E-state index contributed by atoms with van der Waals surface area (Å²) in [6.07, 6.45) is 2.49. The van der Waals surface area contributed by atoms with Crippen LogP contribution in [0.5, 0.6) is 0 Å². The van der Waals surface area contributed by atoms with Gasteiger partial charge in [0.05, 0.1) is 22.6 Å². The third kappa shape index (κ3) is 2.96. The molecule has 3 aromatic rings. The first-order chi connectivity index (χ1) is 12.0. The van der Waals surface area contributed by atoms with E-state index in [1.807, 2.05) is 24.3 Å². The van der Waals surface area contributed by atoms with Crippen LogP contribution in [0.15, 0.2) is 39.4 Å². The fraction of sp³-hybridized carbons (Fsp3) is 0.118. The third-order valence-corrected chi connectivity index (χ3v) is 5.39. The highest BCUT2D eigenvalue weighted by Crippen LogP contribution is 2.33. The normalized spacial score (nSPS) is 13.4. The van der Waals surface area contributed by atoms with Crippen LogP contribution in [0.2, 0.25) is 0 Å². The second kappa shape index (κ2) is 6.27. The van der Waals surface area contributed by atoms with Crippen molar-refractivity contribution >= 4 is 43.5 Å². The van der Waals surface area contributed by atoms with E-state index in [9.17, 15) is 4.79 Å². The Kier molecular flexibility index (Phi) is 4.09. The molecule has 4 rings (SSSR count). The Morgan fingerprint density at radius 3 is 2.64 bits per heavy atom. The first-order valence-corrected chi connectivity index (χ1v) is 9.20. The van der Waals surface area contributed by atoms with E-state index in [1.54, 1.807) is 6.20 Å². The number of hydrogen-bond donors (Lipinski definition) is 3. The number of nitrogens with zero attached hydrogens (tertiary/aromatic N) is 2. The van der Waals surface area contributed by atoms with Gasteiger partial charge in [-0.25, -0.2) is 9.97 Å². The maximum absolute atomic E-state index is 11.9. The quantitative estimate of drug-likeness (QED) is 0.507. The van der Waals surface area contributed by atoms with Crippen molar-refractivity contribution in [3.63, 3.8) is 0 Å². The minimum Gasteiger partial charge on any atom is -0.397 e. The summed E-state index contributed by atoms with van der Waals surface area (Å²) in [5, 5.41) is 2.84. The maximum atomic E-state index is 11.9. The number of hydrogen-bond acceptors (Lipinski definition) is 4. The highest BCUT2D eigenvalue weighted by molar-refractivity contribution is 9.11. The van der Waals surface area contributed by atoms with Crippen LogP contribution in [0, 0.1) is 0 Å². The molecule has 0 saturated carbocycles. The van der Waals surface area contributed by atoms with Crippen molar-refractivity contribution in [2.75, 3.05) is 12.3 Å². The number of fused-ring (bicyclic) bond motifs is 1. The lowest BCUT2D eigenvalue weighted by Gasteiger charge is -2.10. The van der Waals surface area contributed by atoms with Crippen LogP contribution in [-0.2, 0) is 6.42 Å². The molecule has 0 aliphatic carbocycles. The minimum atomic E-state index is -0.0515. The Hall–Kier alpha value is -2.19. The summed E-state index contributed by atoms with van der Waals surface area (Å²) < 4.78 is 1.55. The molecule has 0 spiro atoms. The molecule has 0 atom stereocenters. The molecule has 4 N–H and O–H groups in total. The largest absolute Gasteiger partial charge is 0.397 e. The van der Waals surface area contributed by atoms with E-state index in [2.05, 4.69) is 52.1 Å². The minimum absolute atomic E-state index is 0.0515. The lowest BCUT2D eigenvalue weighted by Crippen LogP contribution is -2.31. The number of aromatic nitrogens is 3. The molecule has 126 valence electrons. The number of rotatable bonds is 2. The smallest absolute Gasteiger partial charge is 0.253 e. The summed E-state index contributed by atoms with van der Waals surface area (Å²) in [5.74, 6) is 0.528. The topological polar surface area (TPSA) is 96.7 Å². The van der Waals surface area contributed by atoms with Gasteiger partial charge in [-0.15, -0.1) is 0 Å². The fourth-order valence-corrected chi connectivity index (χ4v) is 3.98. The van der Waals surface area contributed by atoms with Gasteiger partial charge in [0.2, 0.25) is 0 Å². The Labute approximate surface area is 160 Å². The number of nitrogens with one attached hydrogen (secondary N) is 2. The molecule has 0 bridgehead atoms. The van der Waals surface area contributed by atoms with E-state index in [1.165, 1.54) is 0 Å². The van der Waals surface area contributed by atoms with Crippen molar-refractivity contribution in [3.05, 3.63) is 50.7 Å². The first-order valence-electron chi connectivity index (χ1n) is 7.61. The number of nitrogens with two attached hydrogens (primary N) is 1. The number of halogens is 2. The fourth-order valence-electron chi connectivity index (χ4n) is 2.79. The Morgan fingerprint density at radius 1 is 1.16 bits per heavy atom. The van der Waals surface area contributed by atoms with Crippen LogP contribution in [-0.4, -0.2) is 27.4 Å². The zero-order chi connectivity index (χ0) is 17.6. The van der Waals surface area contributed by atoms with Gasteiger partial charge in [0, 0.05) is 39.4 Å². The van der Waals surface area contributed by atoms with Gasteiger partial charge >= 0.3 is 0 Å². The molecule has 0 saturated heterocycles. The van der Waals surface area contributed by atoms with Gasteiger partial charge < -0.3 is 16.0 Å². The second-order valence-corrected chi connectivity index (χ2v) is 7.41. The molecular weight excluding hydrogens is 450 g/mol. The van der Waals surface area contributed by atoms with Crippen LogP contribution >= 0.6 is 31.9 Å². The van der Waals surface area contributed by atoms with Crippen LogP contribution in [0.25, 0.3) is 22.8 Å². The highest BCUT2D eigenvalue weighted by atomic mass is 79.9. The maximum Gasteiger partial charge on any atom is 0.253 e. The molecule has 3 heterocycles. The average Bonchev–Trinajstić information content (AvgIpc) is 3.05. The van der Waals surface area contributed by atoms with Gasteiger partial charge in [-0.2, -0.15) is 0 Å². The van der Waals surface area contributed by atoms with Gasteiger partial charge in [0.25, 0.3) is 5.91 Å². The van der Waals surface area contributed by atoms with Crippen molar-refractivity contribution in [2.24, 2.45) is 0 Å². The summed E-state index contributed by atoms with van der Waals surface area (Å²) in [6.45, 7) is 0.647. The molecule has 25 heavy (non-hydrogen) atoms. The van der Waals surface area contributed by atoms with Gasteiger partial charge in [0.15, 0.2) is 5.82 Å². The molecular formula is C17H13Br2N5O. The van der Waals surface area contributed by atoms with Gasteiger partial charge in [-0.05, 0) is 56.1 Å². The average molecular weight is 463 g/mol. The summed E-state index contributed by atoms with van der Waals surface area (Å²) >= 11 is 6.88. The number of aromatic amines is 1. The van der Waals surface area contributed by atoms with Crippen LogP contribution in [0.3, 0.4) is 0 Å². The van der Waals surface area contributed by atoms with Crippen molar-refractivity contribution in [2.45, 2.75) is 6.42 Å². The molecule has 1 aromatic carbocycles. The zero-order valence-electron chi connectivity index (χ0n) is 12.9. The van der Waals surface area contributed by atoms with Crippen LogP contribution in [0.4, 0.5) is 5.69 Å². The van der Waals surface area contributed by atoms with E-state index in [0.29, 0.717) is 23.6 Å². The van der Waals surface area contributed by atoms with Crippen molar-refractivity contribution in [3.8, 4) is 22.8 Å². The van der Waals surface area contributed by atoms with Crippen molar-refractivity contribution in [1.82, 2.24) is 20.3 Å². The molecule has 6 nitrogen and oxygen atoms in total. The first kappa shape index (κ1) is 16.3. The molecule has 1 aliphatic rings. The molecule has 1 amide bonds. The van der Waals surface area contributed by atoms with E-state index >= 15 is 0 Å². The van der Waals surface area contributed by atoms with E-state index in [0.717, 1.165) is 38.0 Å². The number of anilines is 1. The summed E-state index contributed by atoms with van der Waals surface area (Å²) in [7, 11) is 0. The lowest BCUT2D eigenvalue weighted by atomic mass is 10.1. The molecule has 2 aromatic heterocycles. The Balaban J connectivity index is 1.77. The monoisotopic (exact) mass is 461 g/mol. The number of carbonyl (C=O) groups excluding carboxylic acids is 1. The summed E-state index contributed by atoms with van der Waals surface area (Å²) in [6, 6.07) is 7.42. The van der Waals surface area contributed by atoms with Gasteiger partial charge in [-0.3, -0.25) is 4.79 Å². The molecule has 0 fully saturated rings. The highest BCUT2D eigenvalue weighted by Gasteiger charge is 2.20. The predicted octanol–water partition coefficient (Wildman–Crippen LogP) is 3.53. The Morgan fingerprint density at radius 2 is 1.92 bits per heavy atom. The Bertz CT molecular complexity index is 975. The van der Waals surface area contributed by atoms with E-state index < -0.39 is 0 Å². The van der Waals surface area contributed by atoms with E-state index in [-0.39, 0.29) is 5.91 Å². The van der Waals surface area contributed by atoms with Crippen LogP contribution < -0.4 is 11.1 Å². The number of benzene rings is 1. The summed E-state index contributed by atoms with van der Waals surface area (Å²) in [5.41, 5.74) is 10.6. The molecule has 8 heteroatoms. The van der Waals surface area contributed by atoms with Crippen LogP contribution in [0.1, 0.15) is 16.1 Å². The standard InChI is InChI=1S/C17H13Br2N5O/c18-10-5-8(6-11(19)15(10)20)16-21-3-2-13(24-16)14-7-9-12(23-14)1-4-22-17(9)25/h2-3,5-7,23H,1,4,20H2,(H,22,25). The van der Waals surface area contributed by atoms with Gasteiger partial charge in [0.1, 0.15) is 0 Å². The third-order valence-electron chi connectivity index (χ3n) is 4.07. The lowest BCUT2D eigenvalue weighted by molar-refractivity contribution is 0.0946. The zero-order valence-corrected chi connectivity index (χ0v) is 16.1. The second-order valence-electron chi connectivity index (χ2n) is 5.70. The molecule has 0 unspecified atom stereocenters. The summed E-state index contributed by atoms with van der Waals surface area (Å²) in [4.78, 5) is 24.2. The van der Waals surface area contributed by atoms with E-state index in [4.69, 9.17) is 5.73 Å². The number of amides is 1. The van der Waals surface area contributed by atoms with Gasteiger partial charge in [-0.1, -0.05) is 0 Å². The SMILES string of the molecule is Nc1c(Br)cc(-c2nccc(-c3cc4c([nH]3)CCNC4=O)n2)cc1Br. The van der Waals surface area contributed by atoms with Crippen molar-refractivity contribution < 1.29 is 4.79 Å². The molecule has 0 radical (unpaired) electrons. The van der Waals surface area contributed by atoms with Crippen molar-refractivity contribution in [1.29, 1.82) is 0 Å². The number of H-pyrrole nitrogens is 1. The number of carbonyl (C=O) groups is 1.